The lowest BCUT2D eigenvalue weighted by Crippen LogP contribution is -2.45. The second-order valence-electron chi connectivity index (χ2n) is 5.86. The highest BCUT2D eigenvalue weighted by Gasteiger charge is 2.48. The number of rotatable bonds is 6. The van der Waals surface area contributed by atoms with Gasteiger partial charge >= 0.3 is 5.97 Å². The molecule has 0 heterocycles. The van der Waals surface area contributed by atoms with Gasteiger partial charge in [0.15, 0.2) is 0 Å². The largest absolute Gasteiger partial charge is 0.480 e. The van der Waals surface area contributed by atoms with E-state index in [4.69, 9.17) is 16.3 Å². The normalized spacial score (nSPS) is 11.7. The van der Waals surface area contributed by atoms with Gasteiger partial charge < -0.3 is 9.84 Å². The molecule has 2 aromatic carbocycles. The lowest BCUT2D eigenvalue weighted by atomic mass is 9.67. The van der Waals surface area contributed by atoms with Gasteiger partial charge in [-0.25, -0.2) is 4.79 Å². The molecule has 0 aliphatic carbocycles. The number of hydrogen-bond acceptors (Lipinski definition) is 2. The molecule has 0 amide bonds. The van der Waals surface area contributed by atoms with E-state index >= 15 is 0 Å². The molecule has 0 saturated carbocycles. The first-order valence-corrected chi connectivity index (χ1v) is 7.38. The van der Waals surface area contributed by atoms with Crippen LogP contribution in [0.2, 0.25) is 0 Å². The number of hydrogen-bond donors (Lipinski definition) is 1. The van der Waals surface area contributed by atoms with Crippen molar-refractivity contribution in [2.75, 3.05) is 6.61 Å². The van der Waals surface area contributed by atoms with E-state index in [-0.39, 0.29) is 0 Å². The van der Waals surface area contributed by atoms with Crippen LogP contribution in [0.5, 0.6) is 0 Å². The Morgan fingerprint density at radius 1 is 1.04 bits per heavy atom. The molecule has 0 fully saturated rings. The van der Waals surface area contributed by atoms with Crippen LogP contribution in [-0.4, -0.2) is 17.7 Å². The van der Waals surface area contributed by atoms with E-state index < -0.39 is 23.6 Å². The number of carboxylic acids is 1. The van der Waals surface area contributed by atoms with Gasteiger partial charge in [0, 0.05) is 0 Å². The Morgan fingerprint density at radius 2 is 1.48 bits per heavy atom. The highest BCUT2D eigenvalue weighted by molar-refractivity contribution is 5.68. The van der Waals surface area contributed by atoms with E-state index in [1.807, 2.05) is 74.5 Å². The number of carboxylic acid groups (broad SMARTS) is 1. The monoisotopic (exact) mass is 308 g/mol. The van der Waals surface area contributed by atoms with Crippen molar-refractivity contribution in [1.29, 1.82) is 0 Å². The van der Waals surface area contributed by atoms with Crippen LogP contribution >= 0.6 is 0 Å². The molecule has 0 bridgehead atoms. The van der Waals surface area contributed by atoms with Gasteiger partial charge in [0.25, 0.3) is 0 Å². The minimum atomic E-state index is -1.05. The lowest BCUT2D eigenvalue weighted by molar-refractivity contribution is -0.153. The van der Waals surface area contributed by atoms with Crippen LogP contribution in [-0.2, 0) is 15.1 Å². The number of benzene rings is 2. The van der Waals surface area contributed by atoms with Crippen LogP contribution in [0, 0.1) is 17.8 Å². The Bertz CT molecular complexity index is 657. The fraction of sp³-hybridized carbons (Fsp3) is 0.250. The topological polar surface area (TPSA) is 46.5 Å². The predicted molar refractivity (Wildman–Crippen MR) is 89.9 cm³/mol. The molecule has 23 heavy (non-hydrogen) atoms. The molecule has 0 aliphatic heterocycles. The number of ether oxygens (including phenoxy) is 1. The van der Waals surface area contributed by atoms with Crippen LogP contribution in [0.15, 0.2) is 60.7 Å². The molecular formula is C20H20O3. The SMILES string of the molecule is C#CC(C)(C)C(OCC(=O)O)(c1ccccc1)c1ccccc1. The van der Waals surface area contributed by atoms with Crippen molar-refractivity contribution in [3.8, 4) is 12.3 Å². The van der Waals surface area contributed by atoms with E-state index in [2.05, 4.69) is 5.92 Å². The van der Waals surface area contributed by atoms with Crippen LogP contribution < -0.4 is 0 Å². The first-order valence-electron chi connectivity index (χ1n) is 7.38. The third-order valence-corrected chi connectivity index (χ3v) is 4.01. The highest BCUT2D eigenvalue weighted by atomic mass is 16.5. The van der Waals surface area contributed by atoms with Gasteiger partial charge in [-0.15, -0.1) is 6.42 Å². The fourth-order valence-electron chi connectivity index (χ4n) is 2.85. The molecule has 0 spiro atoms. The predicted octanol–water partition coefficient (Wildman–Crippen LogP) is 3.69. The summed E-state index contributed by atoms with van der Waals surface area (Å²) in [6.45, 7) is 3.33. The van der Waals surface area contributed by atoms with Crippen LogP contribution in [0.1, 0.15) is 25.0 Å². The molecule has 1 N–H and O–H groups in total. The number of aliphatic carboxylic acids is 1. The first kappa shape index (κ1) is 16.8. The molecule has 0 unspecified atom stereocenters. The lowest BCUT2D eigenvalue weighted by Gasteiger charge is -2.44. The zero-order valence-electron chi connectivity index (χ0n) is 13.3. The van der Waals surface area contributed by atoms with Crippen molar-refractivity contribution in [1.82, 2.24) is 0 Å². The third-order valence-electron chi connectivity index (χ3n) is 4.01. The summed E-state index contributed by atoms with van der Waals surface area (Å²) in [5, 5.41) is 9.13. The zero-order valence-corrected chi connectivity index (χ0v) is 13.3. The summed E-state index contributed by atoms with van der Waals surface area (Å²) in [5.74, 6) is 1.75. The van der Waals surface area contributed by atoms with Gasteiger partial charge in [-0.3, -0.25) is 0 Å². The summed E-state index contributed by atoms with van der Waals surface area (Å²) in [6, 6.07) is 19.0. The summed E-state index contributed by atoms with van der Waals surface area (Å²) in [5.41, 5.74) is -0.154. The quantitative estimate of drug-likeness (QED) is 0.828. The van der Waals surface area contributed by atoms with Gasteiger partial charge in [0.05, 0.1) is 5.41 Å². The Morgan fingerprint density at radius 3 is 1.83 bits per heavy atom. The average molecular weight is 308 g/mol. The standard InChI is InChI=1S/C20H20O3/c1-4-19(2,3)20(23-15-18(21)22,16-11-7-5-8-12-16)17-13-9-6-10-14-17/h1,5-14H,15H2,2-3H3,(H,21,22). The highest BCUT2D eigenvalue weighted by Crippen LogP contribution is 2.47. The minimum Gasteiger partial charge on any atom is -0.480 e. The third kappa shape index (κ3) is 3.13. The van der Waals surface area contributed by atoms with Crippen molar-refractivity contribution in [3.05, 3.63) is 71.8 Å². The van der Waals surface area contributed by atoms with Gasteiger partial charge in [-0.1, -0.05) is 66.6 Å². The molecule has 3 heteroatoms. The smallest absolute Gasteiger partial charge is 0.329 e. The van der Waals surface area contributed by atoms with E-state index in [1.165, 1.54) is 0 Å². The molecule has 2 rings (SSSR count). The van der Waals surface area contributed by atoms with E-state index in [0.29, 0.717) is 0 Å². The van der Waals surface area contributed by atoms with Crippen molar-refractivity contribution in [2.45, 2.75) is 19.4 Å². The maximum Gasteiger partial charge on any atom is 0.329 e. The molecule has 2 aromatic rings. The van der Waals surface area contributed by atoms with Crippen molar-refractivity contribution < 1.29 is 14.6 Å². The number of terminal acetylenes is 1. The minimum absolute atomic E-state index is 0.436. The number of carbonyl (C=O) groups is 1. The Kier molecular flexibility index (Phi) is 4.88. The van der Waals surface area contributed by atoms with Gasteiger partial charge in [0.1, 0.15) is 12.2 Å². The molecule has 3 nitrogen and oxygen atoms in total. The molecular weight excluding hydrogens is 288 g/mol. The second-order valence-corrected chi connectivity index (χ2v) is 5.86. The summed E-state index contributed by atoms with van der Waals surface area (Å²) >= 11 is 0. The van der Waals surface area contributed by atoms with Crippen LogP contribution in [0.25, 0.3) is 0 Å². The van der Waals surface area contributed by atoms with Crippen molar-refractivity contribution in [3.63, 3.8) is 0 Å². The Labute approximate surface area is 136 Å². The summed E-state index contributed by atoms with van der Waals surface area (Å²) in [6.07, 6.45) is 5.80. The van der Waals surface area contributed by atoms with Crippen molar-refractivity contribution >= 4 is 5.97 Å². The molecule has 118 valence electrons. The summed E-state index contributed by atoms with van der Waals surface area (Å²) in [4.78, 5) is 11.1. The summed E-state index contributed by atoms with van der Waals surface area (Å²) < 4.78 is 5.98. The maximum absolute atomic E-state index is 11.1. The first-order chi connectivity index (χ1) is 10.9. The molecule has 0 aliphatic rings. The molecule has 0 aromatic heterocycles. The van der Waals surface area contributed by atoms with Gasteiger partial charge in [0.2, 0.25) is 0 Å². The maximum atomic E-state index is 11.1. The molecule has 0 atom stereocenters. The Balaban J connectivity index is 2.74. The zero-order chi connectivity index (χ0) is 16.9. The van der Waals surface area contributed by atoms with Crippen LogP contribution in [0.4, 0.5) is 0 Å². The van der Waals surface area contributed by atoms with Gasteiger partial charge in [-0.2, -0.15) is 0 Å². The van der Waals surface area contributed by atoms with E-state index in [9.17, 15) is 4.79 Å². The second kappa shape index (κ2) is 6.68. The van der Waals surface area contributed by atoms with Crippen molar-refractivity contribution in [2.24, 2.45) is 5.41 Å². The van der Waals surface area contributed by atoms with E-state index in [0.717, 1.165) is 11.1 Å². The van der Waals surface area contributed by atoms with Crippen LogP contribution in [0.3, 0.4) is 0 Å². The fourth-order valence-corrected chi connectivity index (χ4v) is 2.85. The molecule has 0 radical (unpaired) electrons. The summed E-state index contributed by atoms with van der Waals surface area (Å²) in [7, 11) is 0. The van der Waals surface area contributed by atoms with E-state index in [1.54, 1.807) is 0 Å². The Hall–Kier alpha value is -2.57. The van der Waals surface area contributed by atoms with Gasteiger partial charge in [-0.05, 0) is 25.0 Å². The average Bonchev–Trinajstić information content (AvgIpc) is 2.57. The molecule has 0 saturated heterocycles.